The molecule has 7 heteroatoms. The number of hydrogen-bond donors (Lipinski definition) is 1. The predicted octanol–water partition coefficient (Wildman–Crippen LogP) is 3.86. The van der Waals surface area contributed by atoms with Gasteiger partial charge in [0.15, 0.2) is 0 Å². The molecule has 136 valence electrons. The minimum Gasteiger partial charge on any atom is -0.295 e. The summed E-state index contributed by atoms with van der Waals surface area (Å²) in [7, 11) is -1.73. The summed E-state index contributed by atoms with van der Waals surface area (Å²) in [5.74, 6) is 0. The molecule has 0 bridgehead atoms. The number of nitrogens with two attached hydrogens (primary N) is 1. The van der Waals surface area contributed by atoms with Crippen molar-refractivity contribution in [3.05, 3.63) is 35.1 Å². The lowest BCUT2D eigenvalue weighted by atomic mass is 9.93. The Labute approximate surface area is 154 Å². The van der Waals surface area contributed by atoms with Crippen molar-refractivity contribution >= 4 is 32.4 Å². The predicted molar refractivity (Wildman–Crippen MR) is 101 cm³/mol. The van der Waals surface area contributed by atoms with Gasteiger partial charge < -0.3 is 0 Å². The number of hydrogen-bond acceptors (Lipinski definition) is 4. The zero-order chi connectivity index (χ0) is 18.2. The van der Waals surface area contributed by atoms with Gasteiger partial charge >= 0.3 is 0 Å². The van der Waals surface area contributed by atoms with Crippen molar-refractivity contribution in [3.8, 4) is 0 Å². The molecule has 1 unspecified atom stereocenters. The van der Waals surface area contributed by atoms with Gasteiger partial charge in [-0.3, -0.25) is 4.90 Å². The Balaban J connectivity index is 2.04. The van der Waals surface area contributed by atoms with Crippen molar-refractivity contribution in [1.82, 2.24) is 9.88 Å². The van der Waals surface area contributed by atoms with Crippen LogP contribution >= 0.6 is 11.6 Å². The van der Waals surface area contributed by atoms with Gasteiger partial charge in [-0.1, -0.05) is 43.0 Å². The van der Waals surface area contributed by atoms with Crippen molar-refractivity contribution in [2.45, 2.75) is 56.0 Å². The van der Waals surface area contributed by atoms with E-state index in [9.17, 15) is 8.42 Å². The second-order valence-corrected chi connectivity index (χ2v) is 8.76. The molecule has 0 radical (unpaired) electrons. The van der Waals surface area contributed by atoms with Crippen LogP contribution in [0.5, 0.6) is 0 Å². The number of halogens is 1. The maximum atomic E-state index is 11.9. The first kappa shape index (κ1) is 18.6. The van der Waals surface area contributed by atoms with E-state index in [0.717, 1.165) is 5.69 Å². The second-order valence-electron chi connectivity index (χ2n) is 6.87. The van der Waals surface area contributed by atoms with Gasteiger partial charge in [-0.05, 0) is 38.9 Å². The standard InChI is InChI=1S/C18H24ClN3O2S/c1-12(22(2)13-7-4-3-5-8-13)16-11-15-14(18(19)21-16)9-6-10-17(15)25(20,23)24/h6,9-13H,3-5,7-8H2,1-2H3,(H2,20,23,24). The van der Waals surface area contributed by atoms with Gasteiger partial charge in [0, 0.05) is 22.9 Å². The van der Waals surface area contributed by atoms with Crippen molar-refractivity contribution in [2.75, 3.05) is 7.05 Å². The summed E-state index contributed by atoms with van der Waals surface area (Å²) in [6.45, 7) is 2.08. The third kappa shape index (κ3) is 3.82. The summed E-state index contributed by atoms with van der Waals surface area (Å²) in [4.78, 5) is 6.94. The Bertz CT molecular complexity index is 879. The number of fused-ring (bicyclic) bond motifs is 1. The summed E-state index contributed by atoms with van der Waals surface area (Å²) in [5, 5.41) is 6.81. The molecule has 1 aromatic carbocycles. The van der Waals surface area contributed by atoms with Crippen LogP contribution in [0.15, 0.2) is 29.2 Å². The zero-order valence-corrected chi connectivity index (χ0v) is 16.1. The van der Waals surface area contributed by atoms with E-state index in [1.165, 1.54) is 38.2 Å². The van der Waals surface area contributed by atoms with Crippen LogP contribution in [0.3, 0.4) is 0 Å². The first-order valence-corrected chi connectivity index (χ1v) is 10.6. The third-order valence-corrected chi connectivity index (χ3v) is 6.56. The molecular weight excluding hydrogens is 358 g/mol. The molecule has 0 spiro atoms. The Morgan fingerprint density at radius 2 is 1.92 bits per heavy atom. The van der Waals surface area contributed by atoms with E-state index in [1.807, 2.05) is 6.07 Å². The summed E-state index contributed by atoms with van der Waals surface area (Å²) < 4.78 is 23.8. The number of rotatable bonds is 4. The molecule has 0 saturated heterocycles. The molecule has 25 heavy (non-hydrogen) atoms. The summed E-state index contributed by atoms with van der Waals surface area (Å²) in [6, 6.07) is 7.27. The fourth-order valence-electron chi connectivity index (χ4n) is 3.70. The van der Waals surface area contributed by atoms with Crippen LogP contribution in [-0.2, 0) is 10.0 Å². The molecule has 0 aliphatic heterocycles. The number of nitrogens with zero attached hydrogens (tertiary/aromatic N) is 2. The van der Waals surface area contributed by atoms with Gasteiger partial charge in [0.2, 0.25) is 10.0 Å². The van der Waals surface area contributed by atoms with Crippen LogP contribution in [0.4, 0.5) is 0 Å². The Hall–Kier alpha value is -1.21. The van der Waals surface area contributed by atoms with Gasteiger partial charge in [-0.2, -0.15) is 0 Å². The highest BCUT2D eigenvalue weighted by Gasteiger charge is 2.25. The quantitative estimate of drug-likeness (QED) is 0.816. The maximum absolute atomic E-state index is 11.9. The molecule has 2 aromatic rings. The SMILES string of the molecule is CC(c1cc2c(S(N)(=O)=O)cccc2c(Cl)n1)N(C)C1CCCCC1. The number of pyridine rings is 1. The summed E-state index contributed by atoms with van der Waals surface area (Å²) in [6.07, 6.45) is 6.18. The monoisotopic (exact) mass is 381 g/mol. The molecule has 3 rings (SSSR count). The number of aromatic nitrogens is 1. The first-order valence-electron chi connectivity index (χ1n) is 8.63. The molecule has 1 saturated carbocycles. The topological polar surface area (TPSA) is 76.3 Å². The fourth-order valence-corrected chi connectivity index (χ4v) is 4.71. The Morgan fingerprint density at radius 1 is 1.24 bits per heavy atom. The summed E-state index contributed by atoms with van der Waals surface area (Å²) >= 11 is 6.35. The fraction of sp³-hybridized carbons (Fsp3) is 0.500. The Morgan fingerprint density at radius 3 is 2.56 bits per heavy atom. The van der Waals surface area contributed by atoms with E-state index in [0.29, 0.717) is 22.0 Å². The molecule has 5 nitrogen and oxygen atoms in total. The van der Waals surface area contributed by atoms with Crippen LogP contribution in [0.2, 0.25) is 5.15 Å². The molecule has 1 aromatic heterocycles. The van der Waals surface area contributed by atoms with Crippen molar-refractivity contribution in [1.29, 1.82) is 0 Å². The highest BCUT2D eigenvalue weighted by atomic mass is 35.5. The van der Waals surface area contributed by atoms with Crippen LogP contribution in [0, 0.1) is 0 Å². The lowest BCUT2D eigenvalue weighted by Gasteiger charge is -2.35. The number of benzene rings is 1. The average Bonchev–Trinajstić information content (AvgIpc) is 2.60. The Kier molecular flexibility index (Phi) is 5.34. The molecule has 1 aliphatic carbocycles. The van der Waals surface area contributed by atoms with E-state index in [4.69, 9.17) is 16.7 Å². The molecule has 2 N–H and O–H groups in total. The van der Waals surface area contributed by atoms with Crippen LogP contribution in [-0.4, -0.2) is 31.4 Å². The van der Waals surface area contributed by atoms with E-state index in [1.54, 1.807) is 12.1 Å². The molecule has 1 aliphatic rings. The van der Waals surface area contributed by atoms with E-state index >= 15 is 0 Å². The van der Waals surface area contributed by atoms with Crippen molar-refractivity contribution in [3.63, 3.8) is 0 Å². The van der Waals surface area contributed by atoms with E-state index in [-0.39, 0.29) is 10.9 Å². The molecular formula is C18H24ClN3O2S. The first-order chi connectivity index (χ1) is 11.8. The van der Waals surface area contributed by atoms with Gasteiger partial charge in [-0.15, -0.1) is 0 Å². The van der Waals surface area contributed by atoms with E-state index in [2.05, 4.69) is 23.9 Å². The third-order valence-electron chi connectivity index (χ3n) is 5.30. The summed E-state index contributed by atoms with van der Waals surface area (Å²) in [5.41, 5.74) is 0.765. The normalized spacial score (nSPS) is 18.0. The lowest BCUT2D eigenvalue weighted by Crippen LogP contribution is -2.35. The minimum atomic E-state index is -3.83. The van der Waals surface area contributed by atoms with Gasteiger partial charge in [0.1, 0.15) is 5.15 Å². The van der Waals surface area contributed by atoms with Gasteiger partial charge in [-0.25, -0.2) is 18.5 Å². The second kappa shape index (κ2) is 7.19. The van der Waals surface area contributed by atoms with Crippen molar-refractivity contribution < 1.29 is 8.42 Å². The van der Waals surface area contributed by atoms with Gasteiger partial charge in [0.05, 0.1) is 10.6 Å². The molecule has 1 fully saturated rings. The molecule has 1 atom stereocenters. The average molecular weight is 382 g/mol. The lowest BCUT2D eigenvalue weighted by molar-refractivity contribution is 0.144. The van der Waals surface area contributed by atoms with Crippen molar-refractivity contribution in [2.24, 2.45) is 5.14 Å². The molecule has 1 heterocycles. The number of primary sulfonamides is 1. The van der Waals surface area contributed by atoms with Crippen LogP contribution in [0.1, 0.15) is 50.8 Å². The van der Waals surface area contributed by atoms with Gasteiger partial charge in [0.25, 0.3) is 0 Å². The van der Waals surface area contributed by atoms with Crippen LogP contribution in [0.25, 0.3) is 10.8 Å². The highest BCUT2D eigenvalue weighted by Crippen LogP contribution is 2.33. The largest absolute Gasteiger partial charge is 0.295 e. The number of sulfonamides is 1. The molecule has 0 amide bonds. The zero-order valence-electron chi connectivity index (χ0n) is 14.6. The maximum Gasteiger partial charge on any atom is 0.238 e. The van der Waals surface area contributed by atoms with Crippen LogP contribution < -0.4 is 5.14 Å². The minimum absolute atomic E-state index is 0.0403. The highest BCUT2D eigenvalue weighted by molar-refractivity contribution is 7.89. The smallest absolute Gasteiger partial charge is 0.238 e. The van der Waals surface area contributed by atoms with E-state index < -0.39 is 10.0 Å².